The molecule has 1 aromatic rings. The van der Waals surface area contributed by atoms with Crippen LogP contribution in [0.15, 0.2) is 24.3 Å². The third-order valence-corrected chi connectivity index (χ3v) is 4.06. The minimum atomic E-state index is -0.482. The maximum absolute atomic E-state index is 13.4. The molecule has 3 N–H and O–H groups in total. The number of nitrogens with one attached hydrogen (secondary N) is 1. The van der Waals surface area contributed by atoms with Gasteiger partial charge in [-0.05, 0) is 18.4 Å². The number of nitrogens with two attached hydrogens (primary N) is 1. The highest BCUT2D eigenvalue weighted by Gasteiger charge is 2.21. The van der Waals surface area contributed by atoms with Crippen molar-refractivity contribution in [1.29, 1.82) is 0 Å². The first kappa shape index (κ1) is 15.0. The van der Waals surface area contributed by atoms with Crippen molar-refractivity contribution < 1.29 is 9.18 Å². The van der Waals surface area contributed by atoms with E-state index >= 15 is 0 Å². The molecule has 20 heavy (non-hydrogen) atoms. The summed E-state index contributed by atoms with van der Waals surface area (Å²) in [6.07, 6.45) is 6.87. The van der Waals surface area contributed by atoms with Crippen molar-refractivity contribution in [3.8, 4) is 0 Å². The number of benzene rings is 1. The Morgan fingerprint density at radius 3 is 2.70 bits per heavy atom. The van der Waals surface area contributed by atoms with Gasteiger partial charge >= 0.3 is 0 Å². The van der Waals surface area contributed by atoms with Crippen LogP contribution in [-0.2, 0) is 11.3 Å². The second kappa shape index (κ2) is 7.39. The van der Waals surface area contributed by atoms with Gasteiger partial charge in [-0.2, -0.15) is 0 Å². The van der Waals surface area contributed by atoms with Crippen molar-refractivity contribution >= 4 is 5.91 Å². The van der Waals surface area contributed by atoms with Crippen molar-refractivity contribution in [2.45, 2.75) is 51.1 Å². The Hall–Kier alpha value is -1.42. The molecular formula is C16H23FN2O. The van der Waals surface area contributed by atoms with Gasteiger partial charge in [-0.1, -0.05) is 50.3 Å². The van der Waals surface area contributed by atoms with Gasteiger partial charge in [0.25, 0.3) is 0 Å². The van der Waals surface area contributed by atoms with Crippen LogP contribution in [-0.4, -0.2) is 11.9 Å². The minimum Gasteiger partial charge on any atom is -0.351 e. The van der Waals surface area contributed by atoms with Crippen LogP contribution in [0, 0.1) is 11.7 Å². The molecule has 1 aliphatic rings. The van der Waals surface area contributed by atoms with Crippen molar-refractivity contribution in [2.75, 3.05) is 0 Å². The topological polar surface area (TPSA) is 55.1 Å². The maximum atomic E-state index is 13.4. The number of hydrogen-bond acceptors (Lipinski definition) is 2. The van der Waals surface area contributed by atoms with Gasteiger partial charge in [0.1, 0.15) is 5.82 Å². The molecule has 0 aliphatic heterocycles. The van der Waals surface area contributed by atoms with E-state index in [2.05, 4.69) is 5.32 Å². The van der Waals surface area contributed by atoms with Crippen molar-refractivity contribution in [3.63, 3.8) is 0 Å². The van der Waals surface area contributed by atoms with Gasteiger partial charge in [-0.3, -0.25) is 4.79 Å². The molecule has 1 atom stereocenters. The summed E-state index contributed by atoms with van der Waals surface area (Å²) in [5.41, 5.74) is 6.44. The minimum absolute atomic E-state index is 0.182. The van der Waals surface area contributed by atoms with Crippen LogP contribution in [0.1, 0.15) is 44.1 Å². The van der Waals surface area contributed by atoms with Crippen LogP contribution >= 0.6 is 0 Å². The third-order valence-electron chi connectivity index (χ3n) is 4.06. The van der Waals surface area contributed by atoms with Gasteiger partial charge in [0.2, 0.25) is 5.91 Å². The molecule has 1 aliphatic carbocycles. The largest absolute Gasteiger partial charge is 0.351 e. The second-order valence-electron chi connectivity index (χ2n) is 5.66. The van der Waals surface area contributed by atoms with Crippen molar-refractivity contribution in [3.05, 3.63) is 35.6 Å². The second-order valence-corrected chi connectivity index (χ2v) is 5.66. The van der Waals surface area contributed by atoms with Crippen LogP contribution in [0.25, 0.3) is 0 Å². The van der Waals surface area contributed by atoms with Crippen LogP contribution in [0.3, 0.4) is 0 Å². The van der Waals surface area contributed by atoms with Crippen LogP contribution < -0.4 is 11.1 Å². The number of halogens is 1. The SMILES string of the molecule is NC(CC1CCCCC1)C(=O)NCc1ccccc1F. The average Bonchev–Trinajstić information content (AvgIpc) is 2.47. The van der Waals surface area contributed by atoms with E-state index in [0.29, 0.717) is 11.5 Å². The Morgan fingerprint density at radius 2 is 2.00 bits per heavy atom. The van der Waals surface area contributed by atoms with Gasteiger partial charge in [0.15, 0.2) is 0 Å². The Kier molecular flexibility index (Phi) is 5.53. The smallest absolute Gasteiger partial charge is 0.237 e. The number of carbonyl (C=O) groups is 1. The molecule has 1 saturated carbocycles. The fourth-order valence-corrected chi connectivity index (χ4v) is 2.84. The monoisotopic (exact) mass is 278 g/mol. The normalized spacial score (nSPS) is 17.7. The Morgan fingerprint density at radius 1 is 1.30 bits per heavy atom. The zero-order valence-electron chi connectivity index (χ0n) is 11.8. The molecule has 1 aromatic carbocycles. The number of amides is 1. The van der Waals surface area contributed by atoms with Gasteiger partial charge < -0.3 is 11.1 Å². The molecule has 1 amide bonds. The third kappa shape index (κ3) is 4.30. The summed E-state index contributed by atoms with van der Waals surface area (Å²) in [6, 6.07) is 5.97. The number of carbonyl (C=O) groups excluding carboxylic acids is 1. The molecule has 0 radical (unpaired) electrons. The molecule has 1 unspecified atom stereocenters. The molecule has 110 valence electrons. The lowest BCUT2D eigenvalue weighted by molar-refractivity contribution is -0.123. The van der Waals surface area contributed by atoms with E-state index in [1.54, 1.807) is 18.2 Å². The van der Waals surface area contributed by atoms with Crippen LogP contribution in [0.4, 0.5) is 4.39 Å². The summed E-state index contributed by atoms with van der Waals surface area (Å²) in [5, 5.41) is 2.73. The molecular weight excluding hydrogens is 255 g/mol. The van der Waals surface area contributed by atoms with Crippen LogP contribution in [0.2, 0.25) is 0 Å². The molecule has 4 heteroatoms. The lowest BCUT2D eigenvalue weighted by Crippen LogP contribution is -2.41. The lowest BCUT2D eigenvalue weighted by Gasteiger charge is -2.24. The summed E-state index contributed by atoms with van der Waals surface area (Å²) >= 11 is 0. The molecule has 0 bridgehead atoms. The maximum Gasteiger partial charge on any atom is 0.237 e. The van der Waals surface area contributed by atoms with E-state index in [0.717, 1.165) is 6.42 Å². The fraction of sp³-hybridized carbons (Fsp3) is 0.562. The van der Waals surface area contributed by atoms with E-state index in [1.165, 1.54) is 38.2 Å². The highest BCUT2D eigenvalue weighted by Crippen LogP contribution is 2.26. The average molecular weight is 278 g/mol. The summed E-state index contributed by atoms with van der Waals surface area (Å²) in [6.45, 7) is 0.198. The standard InChI is InChI=1S/C16H23FN2O/c17-14-9-5-4-8-13(14)11-19-16(20)15(18)10-12-6-2-1-3-7-12/h4-5,8-9,12,15H,1-3,6-7,10-11,18H2,(H,19,20). The van der Waals surface area contributed by atoms with Crippen molar-refractivity contribution in [1.82, 2.24) is 5.32 Å². The van der Waals surface area contributed by atoms with E-state index in [1.807, 2.05) is 0 Å². The Bertz CT molecular complexity index is 444. The quantitative estimate of drug-likeness (QED) is 0.870. The highest BCUT2D eigenvalue weighted by molar-refractivity contribution is 5.81. The zero-order valence-corrected chi connectivity index (χ0v) is 11.8. The Balaban J connectivity index is 1.77. The number of rotatable bonds is 5. The van der Waals surface area contributed by atoms with Gasteiger partial charge in [-0.15, -0.1) is 0 Å². The molecule has 1 fully saturated rings. The summed E-state index contributed by atoms with van der Waals surface area (Å²) in [7, 11) is 0. The van der Waals surface area contributed by atoms with E-state index in [4.69, 9.17) is 5.73 Å². The van der Waals surface area contributed by atoms with Crippen LogP contribution in [0.5, 0.6) is 0 Å². The zero-order chi connectivity index (χ0) is 14.4. The van der Waals surface area contributed by atoms with Gasteiger partial charge in [-0.25, -0.2) is 4.39 Å². The molecule has 0 spiro atoms. The summed E-state index contributed by atoms with van der Waals surface area (Å²) in [5.74, 6) is 0.0884. The molecule has 0 saturated heterocycles. The summed E-state index contributed by atoms with van der Waals surface area (Å²) < 4.78 is 13.4. The molecule has 0 heterocycles. The first-order chi connectivity index (χ1) is 9.66. The lowest BCUT2D eigenvalue weighted by atomic mass is 9.85. The molecule has 0 aromatic heterocycles. The van der Waals surface area contributed by atoms with Gasteiger partial charge in [0, 0.05) is 12.1 Å². The molecule has 3 nitrogen and oxygen atoms in total. The highest BCUT2D eigenvalue weighted by atomic mass is 19.1. The van der Waals surface area contributed by atoms with Gasteiger partial charge in [0.05, 0.1) is 6.04 Å². The molecule has 2 rings (SSSR count). The number of hydrogen-bond donors (Lipinski definition) is 2. The predicted octanol–water partition coefficient (Wildman–Crippen LogP) is 2.74. The van der Waals surface area contributed by atoms with E-state index in [-0.39, 0.29) is 18.3 Å². The first-order valence-electron chi connectivity index (χ1n) is 7.43. The summed E-state index contributed by atoms with van der Waals surface area (Å²) in [4.78, 5) is 11.9. The van der Waals surface area contributed by atoms with Crippen molar-refractivity contribution in [2.24, 2.45) is 11.7 Å². The fourth-order valence-electron chi connectivity index (χ4n) is 2.84. The van der Waals surface area contributed by atoms with E-state index < -0.39 is 6.04 Å². The Labute approximate surface area is 119 Å². The van der Waals surface area contributed by atoms with E-state index in [9.17, 15) is 9.18 Å². The first-order valence-corrected chi connectivity index (χ1v) is 7.43. The predicted molar refractivity (Wildman–Crippen MR) is 77.4 cm³/mol.